The van der Waals surface area contributed by atoms with E-state index in [4.69, 9.17) is 0 Å². The van der Waals surface area contributed by atoms with E-state index in [9.17, 15) is 10.1 Å². The topological polar surface area (TPSA) is 56.1 Å². The number of carbonyl (C=O) groups is 1. The maximum absolute atomic E-state index is 12.6. The van der Waals surface area contributed by atoms with E-state index in [2.05, 4.69) is 47.5 Å². The van der Waals surface area contributed by atoms with E-state index in [1.54, 1.807) is 11.3 Å². The Morgan fingerprint density at radius 2 is 2.15 bits per heavy atom. The first-order valence-corrected chi connectivity index (χ1v) is 10.6. The number of hydrogen-bond donors (Lipinski definition) is 1. The highest BCUT2D eigenvalue weighted by molar-refractivity contribution is 7.16. The molecule has 1 aliphatic heterocycles. The molecule has 1 aliphatic carbocycles. The lowest BCUT2D eigenvalue weighted by atomic mass is 9.86. The summed E-state index contributed by atoms with van der Waals surface area (Å²) in [6.45, 7) is 4.32. The molecule has 1 unspecified atom stereocenters. The Hall–Kier alpha value is -2.16. The third-order valence-corrected chi connectivity index (χ3v) is 7.06. The number of nitriles is 1. The average molecular weight is 380 g/mol. The number of nitrogens with one attached hydrogen (secondary N) is 1. The minimum absolute atomic E-state index is 0.0171. The zero-order valence-corrected chi connectivity index (χ0v) is 16.6. The standard InChI is InChI=1S/C22H25N3OS/c1-2-15-7-8-18-19(12-23)22(27-20(18)11-15)24-21(26)14-25-10-9-16-5-3-4-6-17(16)13-25/h3-6,15H,2,7-11,13-14H2,1H3,(H,24,26). The number of anilines is 1. The van der Waals surface area contributed by atoms with Gasteiger partial charge in [-0.25, -0.2) is 0 Å². The second-order valence-corrected chi connectivity index (χ2v) is 8.72. The predicted octanol–water partition coefficient (Wildman–Crippen LogP) is 4.13. The fourth-order valence-electron chi connectivity index (χ4n) is 4.27. The monoisotopic (exact) mass is 379 g/mol. The molecule has 0 spiro atoms. The molecule has 2 aliphatic rings. The third-order valence-electron chi connectivity index (χ3n) is 5.89. The molecule has 0 fully saturated rings. The zero-order valence-electron chi connectivity index (χ0n) is 15.8. The van der Waals surface area contributed by atoms with Crippen LogP contribution in [-0.4, -0.2) is 23.9 Å². The molecule has 5 heteroatoms. The minimum atomic E-state index is -0.0171. The molecule has 4 nitrogen and oxygen atoms in total. The molecule has 140 valence electrons. The van der Waals surface area contributed by atoms with Gasteiger partial charge in [0.1, 0.15) is 11.1 Å². The Bertz CT molecular complexity index is 895. The maximum atomic E-state index is 12.6. The fourth-order valence-corrected chi connectivity index (χ4v) is 5.60. The fraction of sp³-hybridized carbons (Fsp3) is 0.455. The summed E-state index contributed by atoms with van der Waals surface area (Å²) in [5.74, 6) is 0.691. The number of fused-ring (bicyclic) bond motifs is 2. The molecule has 4 rings (SSSR count). The van der Waals surface area contributed by atoms with Gasteiger partial charge in [0, 0.05) is 18.0 Å². The van der Waals surface area contributed by atoms with Crippen LogP contribution in [0.4, 0.5) is 5.00 Å². The molecule has 0 radical (unpaired) electrons. The van der Waals surface area contributed by atoms with Crippen LogP contribution < -0.4 is 5.32 Å². The third kappa shape index (κ3) is 3.78. The number of rotatable bonds is 4. The molecule has 27 heavy (non-hydrogen) atoms. The number of thiophene rings is 1. The van der Waals surface area contributed by atoms with E-state index in [-0.39, 0.29) is 5.91 Å². The summed E-state index contributed by atoms with van der Waals surface area (Å²) in [6, 6.07) is 10.8. The van der Waals surface area contributed by atoms with Gasteiger partial charge in [0.2, 0.25) is 5.91 Å². The molecule has 1 amide bonds. The van der Waals surface area contributed by atoms with Crippen LogP contribution in [0, 0.1) is 17.2 Å². The molecule has 0 saturated carbocycles. The van der Waals surface area contributed by atoms with Crippen molar-refractivity contribution in [1.82, 2.24) is 4.90 Å². The first-order valence-electron chi connectivity index (χ1n) is 9.81. The van der Waals surface area contributed by atoms with Crippen molar-refractivity contribution in [2.75, 3.05) is 18.4 Å². The van der Waals surface area contributed by atoms with Gasteiger partial charge in [-0.3, -0.25) is 9.69 Å². The van der Waals surface area contributed by atoms with Gasteiger partial charge in [0.05, 0.1) is 12.1 Å². The highest BCUT2D eigenvalue weighted by Crippen LogP contribution is 2.40. The lowest BCUT2D eigenvalue weighted by molar-refractivity contribution is -0.117. The van der Waals surface area contributed by atoms with Crippen LogP contribution >= 0.6 is 11.3 Å². The van der Waals surface area contributed by atoms with Gasteiger partial charge in [0.25, 0.3) is 0 Å². The Morgan fingerprint density at radius 1 is 1.33 bits per heavy atom. The van der Waals surface area contributed by atoms with Gasteiger partial charge in [-0.05, 0) is 48.3 Å². The molecule has 2 aromatic rings. The normalized spacial score (nSPS) is 19.0. The molecule has 0 saturated heterocycles. The van der Waals surface area contributed by atoms with Gasteiger partial charge in [-0.1, -0.05) is 37.6 Å². The molecule has 2 heterocycles. The van der Waals surface area contributed by atoms with Crippen molar-refractivity contribution >= 4 is 22.2 Å². The zero-order chi connectivity index (χ0) is 18.8. The van der Waals surface area contributed by atoms with Crippen LogP contribution in [0.1, 0.15) is 46.9 Å². The lowest BCUT2D eigenvalue weighted by Gasteiger charge is -2.27. The van der Waals surface area contributed by atoms with Crippen molar-refractivity contribution in [3.8, 4) is 6.07 Å². The van der Waals surface area contributed by atoms with Crippen molar-refractivity contribution in [2.24, 2.45) is 5.92 Å². The summed E-state index contributed by atoms with van der Waals surface area (Å²) >= 11 is 1.61. The highest BCUT2D eigenvalue weighted by atomic mass is 32.1. The molecule has 0 bridgehead atoms. The van der Waals surface area contributed by atoms with Crippen molar-refractivity contribution in [3.63, 3.8) is 0 Å². The Balaban J connectivity index is 1.43. The van der Waals surface area contributed by atoms with E-state index in [1.807, 2.05) is 0 Å². The summed E-state index contributed by atoms with van der Waals surface area (Å²) in [7, 11) is 0. The predicted molar refractivity (Wildman–Crippen MR) is 109 cm³/mol. The van der Waals surface area contributed by atoms with Gasteiger partial charge >= 0.3 is 0 Å². The lowest BCUT2D eigenvalue weighted by Crippen LogP contribution is -2.37. The molecule has 1 N–H and O–H groups in total. The van der Waals surface area contributed by atoms with Crippen LogP contribution in [-0.2, 0) is 30.6 Å². The number of carbonyl (C=O) groups excluding carboxylic acids is 1. The molecular formula is C22H25N3OS. The van der Waals surface area contributed by atoms with Crippen molar-refractivity contribution in [2.45, 2.75) is 45.6 Å². The summed E-state index contributed by atoms with van der Waals surface area (Å²) in [6.07, 6.45) is 5.32. The number of amides is 1. The van der Waals surface area contributed by atoms with E-state index in [1.165, 1.54) is 28.0 Å². The van der Waals surface area contributed by atoms with E-state index >= 15 is 0 Å². The summed E-state index contributed by atoms with van der Waals surface area (Å²) in [4.78, 5) is 16.1. The number of nitrogens with zero attached hydrogens (tertiary/aromatic N) is 2. The quantitative estimate of drug-likeness (QED) is 0.869. The van der Waals surface area contributed by atoms with Crippen LogP contribution in [0.25, 0.3) is 0 Å². The van der Waals surface area contributed by atoms with Gasteiger partial charge in [0.15, 0.2) is 0 Å². The van der Waals surface area contributed by atoms with E-state index in [0.717, 1.165) is 43.8 Å². The van der Waals surface area contributed by atoms with Crippen molar-refractivity contribution in [3.05, 3.63) is 51.4 Å². The summed E-state index contributed by atoms with van der Waals surface area (Å²) < 4.78 is 0. The highest BCUT2D eigenvalue weighted by Gasteiger charge is 2.26. The smallest absolute Gasteiger partial charge is 0.239 e. The average Bonchev–Trinajstić information content (AvgIpc) is 3.03. The maximum Gasteiger partial charge on any atom is 0.239 e. The van der Waals surface area contributed by atoms with Crippen molar-refractivity contribution in [1.29, 1.82) is 5.26 Å². The molecule has 1 aromatic carbocycles. The molecule has 1 aromatic heterocycles. The van der Waals surface area contributed by atoms with E-state index < -0.39 is 0 Å². The van der Waals surface area contributed by atoms with E-state index in [0.29, 0.717) is 18.0 Å². The Morgan fingerprint density at radius 3 is 2.93 bits per heavy atom. The first-order chi connectivity index (χ1) is 13.2. The minimum Gasteiger partial charge on any atom is -0.315 e. The van der Waals surface area contributed by atoms with Gasteiger partial charge in [-0.15, -0.1) is 11.3 Å². The Labute approximate surface area is 164 Å². The SMILES string of the molecule is CCC1CCc2c(sc(NC(=O)CN3CCc4ccccc4C3)c2C#N)C1. The number of benzene rings is 1. The second kappa shape index (κ2) is 7.84. The van der Waals surface area contributed by atoms with Crippen LogP contribution in [0.2, 0.25) is 0 Å². The van der Waals surface area contributed by atoms with Crippen LogP contribution in [0.3, 0.4) is 0 Å². The molecular weight excluding hydrogens is 354 g/mol. The summed E-state index contributed by atoms with van der Waals surface area (Å²) in [5.41, 5.74) is 4.57. The second-order valence-electron chi connectivity index (χ2n) is 7.61. The van der Waals surface area contributed by atoms with Crippen LogP contribution in [0.15, 0.2) is 24.3 Å². The first kappa shape index (κ1) is 18.2. The van der Waals surface area contributed by atoms with Crippen molar-refractivity contribution < 1.29 is 4.79 Å². The van der Waals surface area contributed by atoms with Gasteiger partial charge in [-0.2, -0.15) is 5.26 Å². The Kier molecular flexibility index (Phi) is 5.29. The number of hydrogen-bond acceptors (Lipinski definition) is 4. The largest absolute Gasteiger partial charge is 0.315 e. The van der Waals surface area contributed by atoms with Crippen LogP contribution in [0.5, 0.6) is 0 Å². The molecule has 1 atom stereocenters. The summed E-state index contributed by atoms with van der Waals surface area (Å²) in [5, 5.41) is 13.4. The van der Waals surface area contributed by atoms with Gasteiger partial charge < -0.3 is 5.32 Å².